The van der Waals surface area contributed by atoms with Crippen LogP contribution >= 0.6 is 23.9 Å². The summed E-state index contributed by atoms with van der Waals surface area (Å²) < 4.78 is 0. The van der Waals surface area contributed by atoms with Gasteiger partial charge in [-0.15, -0.1) is 0 Å². The van der Waals surface area contributed by atoms with Crippen LogP contribution in [0.25, 0.3) is 0 Å². The summed E-state index contributed by atoms with van der Waals surface area (Å²) >= 11 is 3.62. The van der Waals surface area contributed by atoms with Gasteiger partial charge in [-0.25, -0.2) is 0 Å². The second-order valence-electron chi connectivity index (χ2n) is 3.22. The molecule has 0 atom stereocenters. The summed E-state index contributed by atoms with van der Waals surface area (Å²) in [6.07, 6.45) is 0. The molecule has 0 spiro atoms. The minimum Gasteiger partial charge on any atom is -0.0870 e. The molecule has 0 aliphatic carbocycles. The summed E-state index contributed by atoms with van der Waals surface area (Å²) in [5.41, 5.74) is 0. The summed E-state index contributed by atoms with van der Waals surface area (Å²) in [6.45, 7) is 0. The van der Waals surface area contributed by atoms with Crippen molar-refractivity contribution in [1.29, 1.82) is 0 Å². The molecule has 0 nitrogen and oxygen atoms in total. The van der Waals surface area contributed by atoms with Crippen LogP contribution in [0.2, 0.25) is 0 Å². The van der Waals surface area contributed by atoms with Crippen LogP contribution in [-0.2, 0) is 0 Å². The monoisotopic (exact) mass is 278 g/mol. The third-order valence-corrected chi connectivity index (χ3v) is 5.84. The first-order chi connectivity index (χ1) is 7.42. The van der Waals surface area contributed by atoms with Crippen LogP contribution in [0, 0.1) is 0 Å². The Morgan fingerprint density at radius 3 is 1.47 bits per heavy atom. The van der Waals surface area contributed by atoms with Crippen molar-refractivity contribution in [1.82, 2.24) is 0 Å². The molecule has 2 aromatic carbocycles. The van der Waals surface area contributed by atoms with Gasteiger partial charge in [-0.3, -0.25) is 0 Å². The molecule has 0 aromatic heterocycles. The van der Waals surface area contributed by atoms with Crippen molar-refractivity contribution >= 4 is 34.5 Å². The maximum atomic E-state index is 3.62. The Kier molecular flexibility index (Phi) is 3.94. The highest BCUT2D eigenvalue weighted by molar-refractivity contribution is 9.10. The quantitative estimate of drug-likeness (QED) is 0.596. The van der Waals surface area contributed by atoms with E-state index in [1.807, 2.05) is 0 Å². The Hall–Kier alpha value is -0.650. The van der Waals surface area contributed by atoms with Gasteiger partial charge in [0.2, 0.25) is 0 Å². The van der Waals surface area contributed by atoms with Crippen molar-refractivity contribution in [2.45, 2.75) is 0 Å². The van der Waals surface area contributed by atoms with E-state index in [4.69, 9.17) is 0 Å². The first-order valence-electron chi connectivity index (χ1n) is 4.85. The van der Waals surface area contributed by atoms with Crippen LogP contribution in [0.15, 0.2) is 60.7 Å². The van der Waals surface area contributed by atoms with Gasteiger partial charge in [-0.1, -0.05) is 76.6 Å². The molecule has 76 valence electrons. The van der Waals surface area contributed by atoms with Crippen molar-refractivity contribution in [2.75, 3.05) is 5.07 Å². The Bertz CT molecular complexity index is 360. The Morgan fingerprint density at radius 2 is 1.13 bits per heavy atom. The van der Waals surface area contributed by atoms with Crippen LogP contribution in [0.1, 0.15) is 0 Å². The maximum Gasteiger partial charge on any atom is 0.0315 e. The smallest absolute Gasteiger partial charge is 0.0315 e. The average Bonchev–Trinajstić information content (AvgIpc) is 2.33. The average molecular weight is 279 g/mol. The van der Waals surface area contributed by atoms with E-state index in [2.05, 4.69) is 76.6 Å². The number of hydrogen-bond acceptors (Lipinski definition) is 0. The Balaban J connectivity index is 2.34. The molecule has 0 radical (unpaired) electrons. The number of rotatable bonds is 3. The number of hydrogen-bond donors (Lipinski definition) is 0. The van der Waals surface area contributed by atoms with Gasteiger partial charge in [-0.2, -0.15) is 0 Å². The van der Waals surface area contributed by atoms with E-state index in [9.17, 15) is 0 Å². The van der Waals surface area contributed by atoms with Gasteiger partial charge in [0.05, 0.1) is 0 Å². The van der Waals surface area contributed by atoms with Gasteiger partial charge in [0.25, 0.3) is 0 Å². The summed E-state index contributed by atoms with van der Waals surface area (Å²) in [5, 5.41) is 3.88. The number of benzene rings is 2. The van der Waals surface area contributed by atoms with Crippen molar-refractivity contribution < 1.29 is 0 Å². The topological polar surface area (TPSA) is 0 Å². The van der Waals surface area contributed by atoms with E-state index >= 15 is 0 Å². The molecule has 2 aromatic rings. The van der Waals surface area contributed by atoms with E-state index in [0.717, 1.165) is 5.07 Å². The summed E-state index contributed by atoms with van der Waals surface area (Å²) in [4.78, 5) is 0. The summed E-state index contributed by atoms with van der Waals surface area (Å²) in [7, 11) is -0.232. The van der Waals surface area contributed by atoms with Crippen LogP contribution in [0.5, 0.6) is 0 Å². The van der Waals surface area contributed by atoms with Crippen molar-refractivity contribution in [3.63, 3.8) is 0 Å². The lowest BCUT2D eigenvalue weighted by Crippen LogP contribution is -2.11. The Labute approximate surface area is 100 Å². The highest BCUT2D eigenvalue weighted by atomic mass is 79.9. The molecule has 0 N–H and O–H groups in total. The summed E-state index contributed by atoms with van der Waals surface area (Å²) in [5.74, 6) is 0. The first-order valence-corrected chi connectivity index (χ1v) is 7.50. The second-order valence-corrected chi connectivity index (χ2v) is 6.85. The van der Waals surface area contributed by atoms with Crippen LogP contribution in [-0.4, -0.2) is 5.07 Å². The third-order valence-electron chi connectivity index (χ3n) is 2.26. The van der Waals surface area contributed by atoms with Crippen LogP contribution in [0.3, 0.4) is 0 Å². The lowest BCUT2D eigenvalue weighted by atomic mass is 10.4. The fourth-order valence-corrected chi connectivity index (χ4v) is 4.88. The lowest BCUT2D eigenvalue weighted by molar-refractivity contribution is 1.75. The largest absolute Gasteiger partial charge is 0.0870 e. The van der Waals surface area contributed by atoms with E-state index in [-0.39, 0.29) is 7.92 Å². The zero-order chi connectivity index (χ0) is 10.5. The maximum absolute atomic E-state index is 3.62. The molecular weight excluding hydrogens is 267 g/mol. The highest BCUT2D eigenvalue weighted by Gasteiger charge is 2.10. The molecule has 0 saturated heterocycles. The predicted molar refractivity (Wildman–Crippen MR) is 72.9 cm³/mol. The molecule has 0 fully saturated rings. The molecule has 0 aliphatic rings. The van der Waals surface area contributed by atoms with Crippen molar-refractivity contribution in [2.24, 2.45) is 0 Å². The van der Waals surface area contributed by atoms with Crippen LogP contribution < -0.4 is 10.6 Å². The minimum atomic E-state index is -0.232. The fraction of sp³-hybridized carbons (Fsp3) is 0.0769. The first kappa shape index (κ1) is 10.9. The molecular formula is C13H12BrP. The van der Waals surface area contributed by atoms with E-state index in [1.54, 1.807) is 0 Å². The molecule has 0 saturated carbocycles. The molecule has 15 heavy (non-hydrogen) atoms. The zero-order valence-corrected chi connectivity index (χ0v) is 10.8. The number of alkyl halides is 1. The highest BCUT2D eigenvalue weighted by Crippen LogP contribution is 2.34. The molecule has 0 heterocycles. The fourth-order valence-electron chi connectivity index (χ4n) is 1.50. The SMILES string of the molecule is BrCP(c1ccccc1)c1ccccc1. The summed E-state index contributed by atoms with van der Waals surface area (Å²) in [6, 6.07) is 21.4. The van der Waals surface area contributed by atoms with E-state index in [1.165, 1.54) is 10.6 Å². The van der Waals surface area contributed by atoms with Gasteiger partial charge in [0, 0.05) is 5.07 Å². The van der Waals surface area contributed by atoms with Gasteiger partial charge in [0.15, 0.2) is 0 Å². The minimum absolute atomic E-state index is 0.232. The molecule has 2 heteroatoms. The van der Waals surface area contributed by atoms with Crippen LogP contribution in [0.4, 0.5) is 0 Å². The van der Waals surface area contributed by atoms with Gasteiger partial charge >= 0.3 is 0 Å². The predicted octanol–water partition coefficient (Wildman–Crippen LogP) is 3.47. The third kappa shape index (κ3) is 2.68. The molecule has 0 aliphatic heterocycles. The van der Waals surface area contributed by atoms with E-state index in [0.29, 0.717) is 0 Å². The number of halogens is 1. The Morgan fingerprint density at radius 1 is 0.733 bits per heavy atom. The van der Waals surface area contributed by atoms with E-state index < -0.39 is 0 Å². The lowest BCUT2D eigenvalue weighted by Gasteiger charge is -2.15. The zero-order valence-electron chi connectivity index (χ0n) is 8.31. The second kappa shape index (κ2) is 5.44. The van der Waals surface area contributed by atoms with Crippen molar-refractivity contribution in [3.05, 3.63) is 60.7 Å². The van der Waals surface area contributed by atoms with Gasteiger partial charge < -0.3 is 0 Å². The molecule has 0 amide bonds. The molecule has 2 rings (SSSR count). The molecule has 0 unspecified atom stereocenters. The van der Waals surface area contributed by atoms with Gasteiger partial charge in [-0.05, 0) is 18.5 Å². The standard InChI is InChI=1S/C13H12BrP/c14-11-15(12-7-3-1-4-8-12)13-9-5-2-6-10-13/h1-10H,11H2. The molecule has 0 bridgehead atoms. The van der Waals surface area contributed by atoms with Gasteiger partial charge in [0.1, 0.15) is 0 Å². The normalized spacial score (nSPS) is 10.5. The van der Waals surface area contributed by atoms with Crippen molar-refractivity contribution in [3.8, 4) is 0 Å².